The van der Waals surface area contributed by atoms with Gasteiger partial charge in [0.1, 0.15) is 18.2 Å². The molecule has 1 aromatic carbocycles. The molecular formula is C12H15N3O2. The van der Waals surface area contributed by atoms with E-state index in [4.69, 9.17) is 4.74 Å². The molecule has 0 spiro atoms. The van der Waals surface area contributed by atoms with Crippen LogP contribution in [0.15, 0.2) is 30.6 Å². The summed E-state index contributed by atoms with van der Waals surface area (Å²) in [7, 11) is 0. The molecule has 0 aliphatic carbocycles. The van der Waals surface area contributed by atoms with Gasteiger partial charge in [-0.3, -0.25) is 5.10 Å². The second kappa shape index (κ2) is 5.45. The standard InChI is InChI=1S/C12H15N3O2/c1-2-7-17-10-6-4-3-5-9(10)11(16)12-13-8-14-15-12/h3-6,8,11,16H,2,7H2,1H3,(H,13,14,15). The maximum absolute atomic E-state index is 10.1. The second-order valence-electron chi connectivity index (χ2n) is 3.66. The first-order valence-electron chi connectivity index (χ1n) is 5.58. The number of ether oxygens (including phenoxy) is 1. The van der Waals surface area contributed by atoms with Crippen molar-refractivity contribution in [1.29, 1.82) is 0 Å². The van der Waals surface area contributed by atoms with Crippen LogP contribution in [0, 0.1) is 0 Å². The van der Waals surface area contributed by atoms with Gasteiger partial charge in [-0.2, -0.15) is 5.10 Å². The molecule has 0 aliphatic rings. The normalized spacial score (nSPS) is 12.4. The van der Waals surface area contributed by atoms with Gasteiger partial charge < -0.3 is 9.84 Å². The smallest absolute Gasteiger partial charge is 0.157 e. The van der Waals surface area contributed by atoms with Gasteiger partial charge in [0.05, 0.1) is 6.61 Å². The number of hydrogen-bond donors (Lipinski definition) is 2. The van der Waals surface area contributed by atoms with Crippen molar-refractivity contribution in [3.8, 4) is 5.75 Å². The van der Waals surface area contributed by atoms with E-state index in [1.54, 1.807) is 0 Å². The monoisotopic (exact) mass is 233 g/mol. The molecule has 0 bridgehead atoms. The third kappa shape index (κ3) is 2.62. The van der Waals surface area contributed by atoms with Crippen molar-refractivity contribution in [2.75, 3.05) is 6.61 Å². The third-order valence-electron chi connectivity index (χ3n) is 2.37. The molecule has 1 atom stereocenters. The van der Waals surface area contributed by atoms with Crippen LogP contribution in [-0.4, -0.2) is 26.9 Å². The van der Waals surface area contributed by atoms with Gasteiger partial charge in [0.15, 0.2) is 5.82 Å². The van der Waals surface area contributed by atoms with Crippen LogP contribution in [0.2, 0.25) is 0 Å². The van der Waals surface area contributed by atoms with Gasteiger partial charge in [-0.15, -0.1) is 0 Å². The number of rotatable bonds is 5. The van der Waals surface area contributed by atoms with Crippen molar-refractivity contribution >= 4 is 0 Å². The minimum atomic E-state index is -0.842. The zero-order chi connectivity index (χ0) is 12.1. The topological polar surface area (TPSA) is 71.0 Å². The molecule has 2 N–H and O–H groups in total. The largest absolute Gasteiger partial charge is 0.493 e. The molecule has 5 nitrogen and oxygen atoms in total. The molecule has 0 radical (unpaired) electrons. The molecule has 90 valence electrons. The van der Waals surface area contributed by atoms with E-state index < -0.39 is 6.10 Å². The minimum Gasteiger partial charge on any atom is -0.493 e. The summed E-state index contributed by atoms with van der Waals surface area (Å²) in [5, 5.41) is 16.5. The molecule has 0 saturated carbocycles. The van der Waals surface area contributed by atoms with Gasteiger partial charge in [0.25, 0.3) is 0 Å². The number of nitrogens with zero attached hydrogens (tertiary/aromatic N) is 2. The lowest BCUT2D eigenvalue weighted by Gasteiger charge is -2.13. The zero-order valence-electron chi connectivity index (χ0n) is 9.63. The molecule has 0 saturated heterocycles. The summed E-state index contributed by atoms with van der Waals surface area (Å²) in [6.45, 7) is 2.66. The van der Waals surface area contributed by atoms with E-state index in [0.717, 1.165) is 6.42 Å². The average Bonchev–Trinajstić information content (AvgIpc) is 2.89. The fraction of sp³-hybridized carbons (Fsp3) is 0.333. The number of benzene rings is 1. The van der Waals surface area contributed by atoms with E-state index in [-0.39, 0.29) is 0 Å². The van der Waals surface area contributed by atoms with Crippen LogP contribution in [-0.2, 0) is 0 Å². The van der Waals surface area contributed by atoms with E-state index in [1.165, 1.54) is 6.33 Å². The van der Waals surface area contributed by atoms with Gasteiger partial charge in [0.2, 0.25) is 0 Å². The van der Waals surface area contributed by atoms with Crippen LogP contribution < -0.4 is 4.74 Å². The Labute approximate surface area is 99.5 Å². The summed E-state index contributed by atoms with van der Waals surface area (Å²) in [6, 6.07) is 7.39. The Kier molecular flexibility index (Phi) is 3.72. The van der Waals surface area contributed by atoms with E-state index in [2.05, 4.69) is 15.2 Å². The lowest BCUT2D eigenvalue weighted by atomic mass is 10.1. The number of nitrogens with one attached hydrogen (secondary N) is 1. The molecule has 0 aliphatic heterocycles. The average molecular weight is 233 g/mol. The minimum absolute atomic E-state index is 0.414. The summed E-state index contributed by atoms with van der Waals surface area (Å²) < 4.78 is 5.58. The molecule has 0 fully saturated rings. The number of para-hydroxylation sites is 1. The van der Waals surface area contributed by atoms with Gasteiger partial charge in [-0.25, -0.2) is 4.98 Å². The summed E-state index contributed by atoms with van der Waals surface area (Å²) in [6.07, 6.45) is 1.45. The number of aliphatic hydroxyl groups is 1. The summed E-state index contributed by atoms with van der Waals surface area (Å²) in [5.41, 5.74) is 0.692. The lowest BCUT2D eigenvalue weighted by Crippen LogP contribution is -2.06. The highest BCUT2D eigenvalue weighted by Crippen LogP contribution is 2.27. The second-order valence-corrected chi connectivity index (χ2v) is 3.66. The molecule has 2 rings (SSSR count). The van der Waals surface area contributed by atoms with Gasteiger partial charge in [-0.1, -0.05) is 25.1 Å². The highest BCUT2D eigenvalue weighted by atomic mass is 16.5. The summed E-state index contributed by atoms with van der Waals surface area (Å²) in [4.78, 5) is 3.94. The van der Waals surface area contributed by atoms with E-state index in [0.29, 0.717) is 23.7 Å². The Morgan fingerprint density at radius 3 is 2.94 bits per heavy atom. The lowest BCUT2D eigenvalue weighted by molar-refractivity contribution is 0.201. The molecule has 17 heavy (non-hydrogen) atoms. The quantitative estimate of drug-likeness (QED) is 0.824. The molecule has 0 amide bonds. The highest BCUT2D eigenvalue weighted by Gasteiger charge is 2.17. The first kappa shape index (κ1) is 11.6. The van der Waals surface area contributed by atoms with Crippen LogP contribution in [0.1, 0.15) is 30.8 Å². The first-order valence-corrected chi connectivity index (χ1v) is 5.58. The predicted molar refractivity (Wildman–Crippen MR) is 62.7 cm³/mol. The zero-order valence-corrected chi connectivity index (χ0v) is 9.63. The molecular weight excluding hydrogens is 218 g/mol. The van der Waals surface area contributed by atoms with Crippen molar-refractivity contribution in [2.24, 2.45) is 0 Å². The van der Waals surface area contributed by atoms with Crippen molar-refractivity contribution in [3.05, 3.63) is 42.0 Å². The van der Waals surface area contributed by atoms with Gasteiger partial charge >= 0.3 is 0 Å². The first-order chi connectivity index (χ1) is 8.33. The Balaban J connectivity index is 2.25. The Morgan fingerprint density at radius 1 is 1.41 bits per heavy atom. The SMILES string of the molecule is CCCOc1ccccc1C(O)c1ncn[nH]1. The highest BCUT2D eigenvalue weighted by molar-refractivity contribution is 5.37. The number of hydrogen-bond acceptors (Lipinski definition) is 4. The molecule has 5 heteroatoms. The fourth-order valence-electron chi connectivity index (χ4n) is 1.54. The number of aliphatic hydroxyl groups excluding tert-OH is 1. The molecule has 1 heterocycles. The third-order valence-corrected chi connectivity index (χ3v) is 2.37. The Morgan fingerprint density at radius 2 is 2.24 bits per heavy atom. The van der Waals surface area contributed by atoms with Crippen LogP contribution in [0.3, 0.4) is 0 Å². The van der Waals surface area contributed by atoms with Gasteiger partial charge in [-0.05, 0) is 12.5 Å². The van der Waals surface area contributed by atoms with Crippen LogP contribution in [0.25, 0.3) is 0 Å². The maximum Gasteiger partial charge on any atom is 0.157 e. The Bertz CT molecular complexity index is 457. The van der Waals surface area contributed by atoms with E-state index in [1.807, 2.05) is 31.2 Å². The van der Waals surface area contributed by atoms with E-state index >= 15 is 0 Å². The van der Waals surface area contributed by atoms with E-state index in [9.17, 15) is 5.11 Å². The predicted octanol–water partition coefficient (Wildman–Crippen LogP) is 1.68. The van der Waals surface area contributed by atoms with Crippen molar-refractivity contribution in [3.63, 3.8) is 0 Å². The Hall–Kier alpha value is -1.88. The number of aromatic nitrogens is 3. The number of aromatic amines is 1. The van der Waals surface area contributed by atoms with Crippen molar-refractivity contribution < 1.29 is 9.84 Å². The van der Waals surface area contributed by atoms with Crippen molar-refractivity contribution in [2.45, 2.75) is 19.4 Å². The van der Waals surface area contributed by atoms with Crippen LogP contribution in [0.5, 0.6) is 5.75 Å². The van der Waals surface area contributed by atoms with Gasteiger partial charge in [0, 0.05) is 5.56 Å². The summed E-state index contributed by atoms with van der Waals surface area (Å²) >= 11 is 0. The number of H-pyrrole nitrogens is 1. The molecule has 2 aromatic rings. The van der Waals surface area contributed by atoms with Crippen LogP contribution >= 0.6 is 0 Å². The van der Waals surface area contributed by atoms with Crippen molar-refractivity contribution in [1.82, 2.24) is 15.2 Å². The summed E-state index contributed by atoms with van der Waals surface area (Å²) in [5.74, 6) is 1.09. The van der Waals surface area contributed by atoms with Crippen LogP contribution in [0.4, 0.5) is 0 Å². The fourth-order valence-corrected chi connectivity index (χ4v) is 1.54. The molecule has 1 unspecified atom stereocenters. The maximum atomic E-state index is 10.1. The molecule has 1 aromatic heterocycles.